The van der Waals surface area contributed by atoms with Crippen molar-refractivity contribution in [3.63, 3.8) is 0 Å². The molecule has 1 fully saturated rings. The molecule has 5 heteroatoms. The van der Waals surface area contributed by atoms with Crippen LogP contribution in [0.1, 0.15) is 6.42 Å². The normalized spacial score (nSPS) is 26.1. The third-order valence-electron chi connectivity index (χ3n) is 2.09. The second-order valence-corrected chi connectivity index (χ2v) is 2.67. The summed E-state index contributed by atoms with van der Waals surface area (Å²) in [6, 6.07) is 0. The van der Waals surface area contributed by atoms with Crippen molar-refractivity contribution in [2.45, 2.75) is 6.42 Å². The van der Waals surface area contributed by atoms with E-state index in [2.05, 4.69) is 0 Å². The maximum absolute atomic E-state index is 10.4. The molecule has 0 aromatic carbocycles. The summed E-state index contributed by atoms with van der Waals surface area (Å²) in [5.74, 6) is -3.33. The van der Waals surface area contributed by atoms with Crippen molar-refractivity contribution in [3.8, 4) is 0 Å². The number of rotatable bonds is 3. The number of aliphatic carboxylic acids is 2. The minimum atomic E-state index is -1.70. The topological polar surface area (TPSA) is 94.8 Å². The Morgan fingerprint density at radius 2 is 1.82 bits per heavy atom. The quantitative estimate of drug-likeness (QED) is 0.467. The number of carboxylic acid groups (broad SMARTS) is 2. The van der Waals surface area contributed by atoms with E-state index in [0.717, 1.165) is 0 Å². The fourth-order valence-corrected chi connectivity index (χ4v) is 1.17. The van der Waals surface area contributed by atoms with Gasteiger partial charge in [0.2, 0.25) is 0 Å². The first-order chi connectivity index (χ1) is 5.05. The van der Waals surface area contributed by atoms with E-state index in [1.807, 2.05) is 0 Å². The van der Waals surface area contributed by atoms with Crippen LogP contribution in [0.5, 0.6) is 0 Å². The average molecular weight is 160 g/mol. The molecule has 1 aliphatic carbocycles. The lowest BCUT2D eigenvalue weighted by Gasteiger charge is -2.03. The fraction of sp³-hybridized carbons (Fsp3) is 0.667. The van der Waals surface area contributed by atoms with Crippen LogP contribution in [0.2, 0.25) is 0 Å². The van der Waals surface area contributed by atoms with Crippen LogP contribution >= 0.6 is 0 Å². The van der Waals surface area contributed by atoms with Crippen LogP contribution in [0.15, 0.2) is 0 Å². The first kappa shape index (κ1) is 8.00. The number of aliphatic hydroxyl groups excluding tert-OH is 1. The molecule has 11 heavy (non-hydrogen) atoms. The van der Waals surface area contributed by atoms with Crippen LogP contribution in [0.25, 0.3) is 0 Å². The number of hydrogen-bond acceptors (Lipinski definition) is 3. The first-order valence-electron chi connectivity index (χ1n) is 3.13. The van der Waals surface area contributed by atoms with E-state index in [1.54, 1.807) is 0 Å². The van der Waals surface area contributed by atoms with Crippen molar-refractivity contribution in [2.75, 3.05) is 6.61 Å². The second kappa shape index (κ2) is 2.20. The van der Waals surface area contributed by atoms with E-state index in [-0.39, 0.29) is 13.0 Å². The Balaban J connectivity index is 2.79. The number of aliphatic hydroxyl groups is 1. The van der Waals surface area contributed by atoms with Crippen LogP contribution in [0, 0.1) is 11.3 Å². The van der Waals surface area contributed by atoms with Gasteiger partial charge in [-0.2, -0.15) is 0 Å². The Kier molecular flexibility index (Phi) is 1.60. The molecule has 1 aliphatic rings. The van der Waals surface area contributed by atoms with Gasteiger partial charge < -0.3 is 15.3 Å². The van der Waals surface area contributed by atoms with E-state index in [4.69, 9.17) is 15.3 Å². The zero-order chi connectivity index (χ0) is 8.65. The van der Waals surface area contributed by atoms with Gasteiger partial charge in [-0.15, -0.1) is 0 Å². The minimum Gasteiger partial charge on any atom is -0.480 e. The standard InChI is InChI=1S/C6H8O5/c7-2-3-1-6(3,4(8)9)5(10)11/h3,7H,1-2H2,(H,8,9)(H,10,11). The van der Waals surface area contributed by atoms with Gasteiger partial charge in [0.25, 0.3) is 0 Å². The van der Waals surface area contributed by atoms with E-state index >= 15 is 0 Å². The Hall–Kier alpha value is -1.10. The molecule has 0 spiro atoms. The molecule has 0 heterocycles. The van der Waals surface area contributed by atoms with Gasteiger partial charge in [-0.1, -0.05) is 0 Å². The summed E-state index contributed by atoms with van der Waals surface area (Å²) in [6.07, 6.45) is 0.0359. The van der Waals surface area contributed by atoms with Gasteiger partial charge in [-0.05, 0) is 6.42 Å². The highest BCUT2D eigenvalue weighted by atomic mass is 16.4. The Bertz CT molecular complexity index is 195. The van der Waals surface area contributed by atoms with Gasteiger partial charge in [0.05, 0.1) is 0 Å². The summed E-state index contributed by atoms with van der Waals surface area (Å²) >= 11 is 0. The largest absolute Gasteiger partial charge is 0.480 e. The summed E-state index contributed by atoms with van der Waals surface area (Å²) in [5.41, 5.74) is -1.70. The van der Waals surface area contributed by atoms with Gasteiger partial charge >= 0.3 is 11.9 Å². The summed E-state index contributed by atoms with van der Waals surface area (Å²) in [7, 11) is 0. The van der Waals surface area contributed by atoms with Crippen molar-refractivity contribution in [3.05, 3.63) is 0 Å². The Morgan fingerprint density at radius 3 is 1.91 bits per heavy atom. The SMILES string of the molecule is O=C(O)C1(C(=O)O)CC1CO. The number of carboxylic acids is 2. The smallest absolute Gasteiger partial charge is 0.321 e. The highest BCUT2D eigenvalue weighted by molar-refractivity contribution is 6.02. The molecule has 1 saturated carbocycles. The lowest BCUT2D eigenvalue weighted by atomic mass is 10.1. The number of hydrogen-bond donors (Lipinski definition) is 3. The van der Waals surface area contributed by atoms with Gasteiger partial charge in [0.15, 0.2) is 5.41 Å². The monoisotopic (exact) mass is 160 g/mol. The van der Waals surface area contributed by atoms with Gasteiger partial charge in [-0.3, -0.25) is 9.59 Å². The van der Waals surface area contributed by atoms with E-state index in [9.17, 15) is 9.59 Å². The molecule has 3 N–H and O–H groups in total. The van der Waals surface area contributed by atoms with Gasteiger partial charge in [0.1, 0.15) is 0 Å². The molecule has 0 amide bonds. The van der Waals surface area contributed by atoms with E-state index in [1.165, 1.54) is 0 Å². The predicted molar refractivity (Wildman–Crippen MR) is 32.9 cm³/mol. The van der Waals surface area contributed by atoms with Gasteiger partial charge in [-0.25, -0.2) is 0 Å². The zero-order valence-electron chi connectivity index (χ0n) is 5.65. The van der Waals surface area contributed by atoms with E-state index in [0.29, 0.717) is 0 Å². The van der Waals surface area contributed by atoms with Gasteiger partial charge in [0, 0.05) is 12.5 Å². The highest BCUT2D eigenvalue weighted by Crippen LogP contribution is 2.52. The molecule has 0 aromatic heterocycles. The van der Waals surface area contributed by atoms with E-state index < -0.39 is 23.3 Å². The molecule has 1 rings (SSSR count). The predicted octanol–water partition coefficient (Wildman–Crippen LogP) is -0.846. The molecule has 0 bridgehead atoms. The average Bonchev–Trinajstić information content (AvgIpc) is 2.61. The first-order valence-corrected chi connectivity index (χ1v) is 3.13. The maximum atomic E-state index is 10.4. The lowest BCUT2D eigenvalue weighted by Crippen LogP contribution is -2.28. The molecule has 5 nitrogen and oxygen atoms in total. The van der Waals surface area contributed by atoms with Crippen molar-refractivity contribution < 1.29 is 24.9 Å². The summed E-state index contributed by atoms with van der Waals surface area (Å²) < 4.78 is 0. The lowest BCUT2D eigenvalue weighted by molar-refractivity contribution is -0.158. The molecule has 0 aliphatic heterocycles. The van der Waals surface area contributed by atoms with Crippen LogP contribution < -0.4 is 0 Å². The van der Waals surface area contributed by atoms with Crippen molar-refractivity contribution in [1.82, 2.24) is 0 Å². The van der Waals surface area contributed by atoms with Crippen LogP contribution in [-0.2, 0) is 9.59 Å². The Morgan fingerprint density at radius 1 is 1.36 bits per heavy atom. The third-order valence-corrected chi connectivity index (χ3v) is 2.09. The molecular formula is C6H8O5. The molecule has 0 radical (unpaired) electrons. The molecule has 62 valence electrons. The molecule has 1 unspecified atom stereocenters. The van der Waals surface area contributed by atoms with Crippen LogP contribution in [0.4, 0.5) is 0 Å². The van der Waals surface area contributed by atoms with Crippen LogP contribution in [-0.4, -0.2) is 33.9 Å². The van der Waals surface area contributed by atoms with Crippen molar-refractivity contribution in [2.24, 2.45) is 11.3 Å². The Labute approximate surface area is 62.3 Å². The fourth-order valence-electron chi connectivity index (χ4n) is 1.17. The third kappa shape index (κ3) is 0.883. The van der Waals surface area contributed by atoms with Crippen molar-refractivity contribution in [1.29, 1.82) is 0 Å². The zero-order valence-corrected chi connectivity index (χ0v) is 5.65. The highest BCUT2D eigenvalue weighted by Gasteiger charge is 2.66. The summed E-state index contributed by atoms with van der Waals surface area (Å²) in [4.78, 5) is 20.8. The molecule has 0 aromatic rings. The second-order valence-electron chi connectivity index (χ2n) is 2.67. The molecular weight excluding hydrogens is 152 g/mol. The summed E-state index contributed by atoms with van der Waals surface area (Å²) in [6.45, 7) is -0.376. The minimum absolute atomic E-state index is 0.0359. The molecule has 0 saturated heterocycles. The maximum Gasteiger partial charge on any atom is 0.321 e. The number of carbonyl (C=O) groups is 2. The van der Waals surface area contributed by atoms with Crippen LogP contribution in [0.3, 0.4) is 0 Å². The summed E-state index contributed by atoms with van der Waals surface area (Å²) in [5, 5.41) is 25.5. The van der Waals surface area contributed by atoms with Crippen molar-refractivity contribution >= 4 is 11.9 Å². The molecule has 1 atom stereocenters.